The number of nitrogen functional groups attached to an aromatic ring is 1. The van der Waals surface area contributed by atoms with Crippen LogP contribution in [0.25, 0.3) is 16.9 Å². The van der Waals surface area contributed by atoms with E-state index in [2.05, 4.69) is 21.0 Å². The van der Waals surface area contributed by atoms with Crippen molar-refractivity contribution in [3.63, 3.8) is 0 Å². The Morgan fingerprint density at radius 1 is 1.05 bits per heavy atom. The fourth-order valence-electron chi connectivity index (χ4n) is 1.98. The summed E-state index contributed by atoms with van der Waals surface area (Å²) in [5, 5.41) is 5.25. The average Bonchev–Trinajstić information content (AvgIpc) is 2.82. The van der Waals surface area contributed by atoms with Crippen molar-refractivity contribution in [1.82, 2.24) is 9.78 Å². The lowest BCUT2D eigenvalue weighted by Gasteiger charge is -2.02. The van der Waals surface area contributed by atoms with Crippen LogP contribution in [0.3, 0.4) is 0 Å². The Bertz CT molecular complexity index is 750. The van der Waals surface area contributed by atoms with E-state index in [4.69, 9.17) is 17.3 Å². The predicted octanol–water partition coefficient (Wildman–Crippen LogP) is 4.54. The van der Waals surface area contributed by atoms with Crippen molar-refractivity contribution in [3.8, 4) is 16.9 Å². The van der Waals surface area contributed by atoms with Crippen molar-refractivity contribution in [3.05, 3.63) is 64.2 Å². The van der Waals surface area contributed by atoms with Crippen LogP contribution in [0, 0.1) is 0 Å². The summed E-state index contributed by atoms with van der Waals surface area (Å²) in [7, 11) is 0. The van der Waals surface area contributed by atoms with Gasteiger partial charge in [0.25, 0.3) is 0 Å². The van der Waals surface area contributed by atoms with Crippen molar-refractivity contribution in [1.29, 1.82) is 0 Å². The molecular formula is C15H11BrClN3. The zero-order chi connectivity index (χ0) is 14.1. The van der Waals surface area contributed by atoms with Crippen molar-refractivity contribution in [2.45, 2.75) is 0 Å². The van der Waals surface area contributed by atoms with Gasteiger partial charge in [0.15, 0.2) is 0 Å². The minimum Gasteiger partial charge on any atom is -0.396 e. The molecular weight excluding hydrogens is 338 g/mol. The van der Waals surface area contributed by atoms with Crippen molar-refractivity contribution in [2.75, 3.05) is 5.73 Å². The van der Waals surface area contributed by atoms with Gasteiger partial charge in [0, 0.05) is 15.1 Å². The van der Waals surface area contributed by atoms with Gasteiger partial charge in [0.2, 0.25) is 0 Å². The van der Waals surface area contributed by atoms with E-state index in [1.165, 1.54) is 0 Å². The van der Waals surface area contributed by atoms with Crippen LogP contribution in [-0.2, 0) is 0 Å². The molecule has 0 radical (unpaired) electrons. The first kappa shape index (κ1) is 13.2. The Hall–Kier alpha value is -1.78. The molecule has 100 valence electrons. The third kappa shape index (κ3) is 2.44. The van der Waals surface area contributed by atoms with Crippen LogP contribution in [0.5, 0.6) is 0 Å². The molecule has 0 aliphatic rings. The number of hydrogen-bond donors (Lipinski definition) is 1. The first-order valence-electron chi connectivity index (χ1n) is 6.01. The van der Waals surface area contributed by atoms with Gasteiger partial charge < -0.3 is 5.73 Å². The zero-order valence-electron chi connectivity index (χ0n) is 10.4. The second-order valence-electron chi connectivity index (χ2n) is 4.33. The molecule has 3 rings (SSSR count). The van der Waals surface area contributed by atoms with Gasteiger partial charge in [-0.25, -0.2) is 4.68 Å². The van der Waals surface area contributed by atoms with Gasteiger partial charge in [0.1, 0.15) is 5.69 Å². The predicted molar refractivity (Wildman–Crippen MR) is 86.1 cm³/mol. The SMILES string of the molecule is Nc1cn(-c2ccc(Cl)cc2)nc1-c1ccccc1Br. The highest BCUT2D eigenvalue weighted by molar-refractivity contribution is 9.10. The van der Waals surface area contributed by atoms with Crippen LogP contribution < -0.4 is 5.73 Å². The highest BCUT2D eigenvalue weighted by atomic mass is 79.9. The molecule has 1 aromatic heterocycles. The molecule has 0 atom stereocenters. The minimum atomic E-state index is 0.631. The molecule has 0 aliphatic carbocycles. The third-order valence-corrected chi connectivity index (χ3v) is 3.91. The normalized spacial score (nSPS) is 10.7. The van der Waals surface area contributed by atoms with Crippen molar-refractivity contribution >= 4 is 33.2 Å². The maximum Gasteiger partial charge on any atom is 0.117 e. The van der Waals surface area contributed by atoms with Crippen LogP contribution in [0.2, 0.25) is 5.02 Å². The maximum atomic E-state index is 6.08. The first-order valence-corrected chi connectivity index (χ1v) is 7.18. The molecule has 0 fully saturated rings. The summed E-state index contributed by atoms with van der Waals surface area (Å²) in [6.07, 6.45) is 1.80. The van der Waals surface area contributed by atoms with E-state index in [1.807, 2.05) is 48.5 Å². The molecule has 0 spiro atoms. The molecule has 3 nitrogen and oxygen atoms in total. The quantitative estimate of drug-likeness (QED) is 0.739. The van der Waals surface area contributed by atoms with Crippen LogP contribution in [0.1, 0.15) is 0 Å². The standard InChI is InChI=1S/C15H11BrClN3/c16-13-4-2-1-3-12(13)15-14(18)9-20(19-15)11-7-5-10(17)6-8-11/h1-9H,18H2. The van der Waals surface area contributed by atoms with Crippen LogP contribution >= 0.6 is 27.5 Å². The smallest absolute Gasteiger partial charge is 0.117 e. The second-order valence-corrected chi connectivity index (χ2v) is 5.62. The van der Waals surface area contributed by atoms with Gasteiger partial charge >= 0.3 is 0 Å². The van der Waals surface area contributed by atoms with Crippen molar-refractivity contribution < 1.29 is 0 Å². The number of benzene rings is 2. The Labute approximate surface area is 130 Å². The van der Waals surface area contributed by atoms with Crippen molar-refractivity contribution in [2.24, 2.45) is 0 Å². The Balaban J connectivity index is 2.08. The number of hydrogen-bond acceptors (Lipinski definition) is 2. The molecule has 20 heavy (non-hydrogen) atoms. The van der Waals surface area contributed by atoms with E-state index in [0.717, 1.165) is 21.4 Å². The molecule has 0 unspecified atom stereocenters. The molecule has 1 heterocycles. The van der Waals surface area contributed by atoms with Gasteiger partial charge in [-0.2, -0.15) is 5.10 Å². The fourth-order valence-corrected chi connectivity index (χ4v) is 2.57. The van der Waals surface area contributed by atoms with E-state index < -0.39 is 0 Å². The van der Waals surface area contributed by atoms with E-state index in [9.17, 15) is 0 Å². The molecule has 5 heteroatoms. The molecule has 2 aromatic carbocycles. The summed E-state index contributed by atoms with van der Waals surface area (Å²) < 4.78 is 2.72. The van der Waals surface area contributed by atoms with E-state index >= 15 is 0 Å². The number of nitrogens with zero attached hydrogens (tertiary/aromatic N) is 2. The lowest BCUT2D eigenvalue weighted by molar-refractivity contribution is 0.884. The molecule has 2 N–H and O–H groups in total. The monoisotopic (exact) mass is 347 g/mol. The first-order chi connectivity index (χ1) is 9.65. The summed E-state index contributed by atoms with van der Waals surface area (Å²) in [6, 6.07) is 15.3. The molecule has 0 saturated carbocycles. The highest BCUT2D eigenvalue weighted by Gasteiger charge is 2.12. The summed E-state index contributed by atoms with van der Waals surface area (Å²) in [4.78, 5) is 0. The second kappa shape index (κ2) is 5.31. The van der Waals surface area contributed by atoms with E-state index in [0.29, 0.717) is 10.7 Å². The minimum absolute atomic E-state index is 0.631. The number of aromatic nitrogens is 2. The lowest BCUT2D eigenvalue weighted by Crippen LogP contribution is -1.94. The number of rotatable bonds is 2. The van der Waals surface area contributed by atoms with E-state index in [-0.39, 0.29) is 0 Å². The van der Waals surface area contributed by atoms with Crippen LogP contribution in [0.15, 0.2) is 59.2 Å². The summed E-state index contributed by atoms with van der Waals surface area (Å²) >= 11 is 9.41. The van der Waals surface area contributed by atoms with Gasteiger partial charge in [-0.1, -0.05) is 45.7 Å². The third-order valence-electron chi connectivity index (χ3n) is 2.96. The van der Waals surface area contributed by atoms with Crippen LogP contribution in [-0.4, -0.2) is 9.78 Å². The lowest BCUT2D eigenvalue weighted by atomic mass is 10.1. The zero-order valence-corrected chi connectivity index (χ0v) is 12.8. The summed E-state index contributed by atoms with van der Waals surface area (Å²) in [6.45, 7) is 0. The van der Waals surface area contributed by atoms with Gasteiger partial charge in [-0.15, -0.1) is 0 Å². The molecule has 0 amide bonds. The average molecular weight is 349 g/mol. The fraction of sp³-hybridized carbons (Fsp3) is 0. The molecule has 0 aliphatic heterocycles. The van der Waals surface area contributed by atoms with Crippen LogP contribution in [0.4, 0.5) is 5.69 Å². The van der Waals surface area contributed by atoms with Gasteiger partial charge in [-0.05, 0) is 30.3 Å². The summed E-state index contributed by atoms with van der Waals surface area (Å²) in [5.74, 6) is 0. The molecule has 0 saturated heterocycles. The number of anilines is 1. The Morgan fingerprint density at radius 3 is 2.45 bits per heavy atom. The maximum absolute atomic E-state index is 6.08. The number of nitrogens with two attached hydrogens (primary N) is 1. The molecule has 3 aromatic rings. The van der Waals surface area contributed by atoms with Gasteiger partial charge in [-0.3, -0.25) is 0 Å². The Morgan fingerprint density at radius 2 is 1.75 bits per heavy atom. The summed E-state index contributed by atoms with van der Waals surface area (Å²) in [5.41, 5.74) is 9.35. The van der Waals surface area contributed by atoms with E-state index in [1.54, 1.807) is 10.9 Å². The van der Waals surface area contributed by atoms with Gasteiger partial charge in [0.05, 0.1) is 17.6 Å². The molecule has 0 bridgehead atoms. The largest absolute Gasteiger partial charge is 0.396 e. The Kier molecular flexibility index (Phi) is 3.51. The highest BCUT2D eigenvalue weighted by Crippen LogP contribution is 2.31. The topological polar surface area (TPSA) is 43.8 Å². The number of halogens is 2.